The van der Waals surface area contributed by atoms with E-state index in [0.29, 0.717) is 11.0 Å². The summed E-state index contributed by atoms with van der Waals surface area (Å²) in [5.41, 5.74) is 5.86. The number of rotatable bonds is 1. The summed E-state index contributed by atoms with van der Waals surface area (Å²) in [6.45, 7) is 0. The van der Waals surface area contributed by atoms with Gasteiger partial charge in [-0.25, -0.2) is 20.4 Å². The highest BCUT2D eigenvalue weighted by molar-refractivity contribution is 5.88. The molecule has 8 nitrogen and oxygen atoms in total. The van der Waals surface area contributed by atoms with Crippen LogP contribution in [-0.2, 0) is 0 Å². The number of nitrogens with one attached hydrogen (secondary N) is 3. The maximum Gasteiger partial charge on any atom is 0.362 e. The van der Waals surface area contributed by atoms with Gasteiger partial charge in [0.25, 0.3) is 0 Å². The van der Waals surface area contributed by atoms with Gasteiger partial charge in [-0.15, -0.1) is 5.10 Å². The van der Waals surface area contributed by atoms with Crippen molar-refractivity contribution >= 4 is 23.1 Å². The van der Waals surface area contributed by atoms with Gasteiger partial charge in [0.2, 0.25) is 0 Å². The van der Waals surface area contributed by atoms with Gasteiger partial charge >= 0.3 is 12.1 Å². The van der Waals surface area contributed by atoms with Crippen LogP contribution in [0.3, 0.4) is 0 Å². The molecule has 0 unspecified atom stereocenters. The second-order valence-corrected chi connectivity index (χ2v) is 5.35. The molecular weight excluding hydrogens is 284 g/mol. The molecule has 1 aromatic carbocycles. The first kappa shape index (κ1) is 14.3. The number of aromatic nitrogens is 3. The van der Waals surface area contributed by atoms with E-state index in [2.05, 4.69) is 26.5 Å². The minimum atomic E-state index is -0.563. The van der Waals surface area contributed by atoms with Crippen LogP contribution in [0.2, 0.25) is 0 Å². The van der Waals surface area contributed by atoms with E-state index in [1.165, 1.54) is 6.42 Å². The van der Waals surface area contributed by atoms with Crippen molar-refractivity contribution in [2.24, 2.45) is 0 Å². The van der Waals surface area contributed by atoms with Crippen molar-refractivity contribution in [3.05, 3.63) is 24.3 Å². The summed E-state index contributed by atoms with van der Waals surface area (Å²) in [4.78, 5) is 23.8. The fraction of sp³-hybridized carbons (Fsp3) is 0.429. The highest BCUT2D eigenvalue weighted by Crippen LogP contribution is 2.17. The van der Waals surface area contributed by atoms with Crippen LogP contribution in [0.5, 0.6) is 0 Å². The number of hydrogen-bond donors (Lipinski definition) is 3. The maximum atomic E-state index is 12.0. The lowest BCUT2D eigenvalue weighted by atomic mass is 9.96. The van der Waals surface area contributed by atoms with Gasteiger partial charge in [-0.3, -0.25) is 0 Å². The number of benzene rings is 1. The molecule has 0 atom stereocenters. The molecule has 116 valence electrons. The summed E-state index contributed by atoms with van der Waals surface area (Å²) in [5, 5.41) is 10.5. The zero-order valence-corrected chi connectivity index (χ0v) is 12.1. The molecule has 0 bridgehead atoms. The number of fused-ring (bicyclic) bond motifs is 1. The first-order chi connectivity index (χ1) is 10.7. The van der Waals surface area contributed by atoms with Gasteiger partial charge in [0.1, 0.15) is 5.52 Å². The lowest BCUT2D eigenvalue weighted by Gasteiger charge is -2.22. The van der Waals surface area contributed by atoms with Crippen LogP contribution < -0.4 is 16.2 Å². The number of hydrogen-bond acceptors (Lipinski definition) is 4. The van der Waals surface area contributed by atoms with Gasteiger partial charge in [-0.2, -0.15) is 4.68 Å². The zero-order chi connectivity index (χ0) is 15.4. The average molecular weight is 302 g/mol. The summed E-state index contributed by atoms with van der Waals surface area (Å²) in [5.74, 6) is 0. The Labute approximate surface area is 127 Å². The minimum Gasteiger partial charge on any atom is -0.334 e. The minimum absolute atomic E-state index is 0.179. The van der Waals surface area contributed by atoms with E-state index in [1.54, 1.807) is 18.2 Å². The molecule has 8 heteroatoms. The van der Waals surface area contributed by atoms with E-state index in [1.807, 2.05) is 6.07 Å². The Morgan fingerprint density at radius 3 is 2.68 bits per heavy atom. The van der Waals surface area contributed by atoms with Gasteiger partial charge in [-0.05, 0) is 25.0 Å². The molecule has 1 fully saturated rings. The van der Waals surface area contributed by atoms with E-state index >= 15 is 0 Å². The molecule has 0 aliphatic heterocycles. The van der Waals surface area contributed by atoms with E-state index in [4.69, 9.17) is 0 Å². The summed E-state index contributed by atoms with van der Waals surface area (Å²) in [6, 6.07) is 6.30. The van der Waals surface area contributed by atoms with Crippen molar-refractivity contribution in [2.75, 3.05) is 0 Å². The standard InChI is InChI=1S/C14H18N6O2/c21-13(15-10-6-2-1-3-7-10)17-18-14(22)20-12-9-5-4-8-11(12)16-19-20/h4-5,8-10H,1-3,6-7H2,(H,18,22)(H2,15,17,21). The Morgan fingerprint density at radius 1 is 1.09 bits per heavy atom. The van der Waals surface area contributed by atoms with Crippen molar-refractivity contribution in [1.82, 2.24) is 31.2 Å². The summed E-state index contributed by atoms with van der Waals surface area (Å²) in [7, 11) is 0. The number of amides is 3. The Morgan fingerprint density at radius 2 is 1.86 bits per heavy atom. The summed E-state index contributed by atoms with van der Waals surface area (Å²) >= 11 is 0. The zero-order valence-electron chi connectivity index (χ0n) is 12.1. The van der Waals surface area contributed by atoms with Crippen LogP contribution in [0, 0.1) is 0 Å². The van der Waals surface area contributed by atoms with Gasteiger partial charge < -0.3 is 5.32 Å². The molecule has 0 saturated heterocycles. The Kier molecular flexibility index (Phi) is 4.17. The van der Waals surface area contributed by atoms with Crippen molar-refractivity contribution in [2.45, 2.75) is 38.1 Å². The average Bonchev–Trinajstić information content (AvgIpc) is 2.98. The Bertz CT molecular complexity index is 677. The van der Waals surface area contributed by atoms with Crippen LogP contribution in [-0.4, -0.2) is 33.1 Å². The van der Waals surface area contributed by atoms with Crippen LogP contribution in [0.25, 0.3) is 11.0 Å². The molecule has 3 N–H and O–H groups in total. The molecule has 1 aliphatic rings. The van der Waals surface area contributed by atoms with E-state index in [-0.39, 0.29) is 6.04 Å². The highest BCUT2D eigenvalue weighted by Gasteiger charge is 2.16. The van der Waals surface area contributed by atoms with Gasteiger partial charge in [-0.1, -0.05) is 36.6 Å². The SMILES string of the molecule is O=C(NNC(=O)n1nnc2ccccc21)NC1CCCCC1. The lowest BCUT2D eigenvalue weighted by Crippen LogP contribution is -2.51. The van der Waals surface area contributed by atoms with Crippen LogP contribution in [0.1, 0.15) is 32.1 Å². The largest absolute Gasteiger partial charge is 0.362 e. The molecule has 22 heavy (non-hydrogen) atoms. The molecule has 1 aromatic heterocycles. The first-order valence-electron chi connectivity index (χ1n) is 7.41. The summed E-state index contributed by atoms with van der Waals surface area (Å²) < 4.78 is 1.11. The topological polar surface area (TPSA) is 101 Å². The van der Waals surface area contributed by atoms with Crippen molar-refractivity contribution in [1.29, 1.82) is 0 Å². The molecule has 0 spiro atoms. The quantitative estimate of drug-likeness (QED) is 0.695. The van der Waals surface area contributed by atoms with Crippen molar-refractivity contribution < 1.29 is 9.59 Å². The van der Waals surface area contributed by atoms with E-state index in [9.17, 15) is 9.59 Å². The van der Waals surface area contributed by atoms with Crippen molar-refractivity contribution in [3.8, 4) is 0 Å². The van der Waals surface area contributed by atoms with Crippen LogP contribution >= 0.6 is 0 Å². The van der Waals surface area contributed by atoms with E-state index < -0.39 is 12.1 Å². The second kappa shape index (κ2) is 6.42. The third-order valence-electron chi connectivity index (χ3n) is 3.77. The number of carbonyl (C=O) groups is 2. The maximum absolute atomic E-state index is 12.0. The van der Waals surface area contributed by atoms with Gasteiger partial charge in [0.05, 0.1) is 5.52 Å². The molecule has 2 aromatic rings. The van der Waals surface area contributed by atoms with Gasteiger partial charge in [0, 0.05) is 6.04 Å². The smallest absolute Gasteiger partial charge is 0.334 e. The Hall–Kier alpha value is -2.64. The molecule has 3 rings (SSSR count). The molecular formula is C14H18N6O2. The van der Waals surface area contributed by atoms with Crippen LogP contribution in [0.15, 0.2) is 24.3 Å². The third-order valence-corrected chi connectivity index (χ3v) is 3.77. The molecule has 1 saturated carbocycles. The number of urea groups is 1. The Balaban J connectivity index is 1.54. The number of para-hydroxylation sites is 1. The monoisotopic (exact) mass is 302 g/mol. The number of hydrazine groups is 1. The van der Waals surface area contributed by atoms with Gasteiger partial charge in [0.15, 0.2) is 0 Å². The predicted molar refractivity (Wildman–Crippen MR) is 80.0 cm³/mol. The molecule has 1 aliphatic carbocycles. The van der Waals surface area contributed by atoms with E-state index in [0.717, 1.165) is 30.4 Å². The third kappa shape index (κ3) is 3.16. The second-order valence-electron chi connectivity index (χ2n) is 5.35. The highest BCUT2D eigenvalue weighted by atomic mass is 16.2. The first-order valence-corrected chi connectivity index (χ1v) is 7.41. The number of carbonyl (C=O) groups excluding carboxylic acids is 2. The lowest BCUT2D eigenvalue weighted by molar-refractivity contribution is 0.219. The molecule has 1 heterocycles. The van der Waals surface area contributed by atoms with Crippen LogP contribution in [0.4, 0.5) is 9.59 Å². The molecule has 0 radical (unpaired) electrons. The fourth-order valence-electron chi connectivity index (χ4n) is 2.65. The normalized spacial score (nSPS) is 15.5. The fourth-order valence-corrected chi connectivity index (χ4v) is 2.65. The molecule has 3 amide bonds. The predicted octanol–water partition coefficient (Wildman–Crippen LogP) is 1.54. The van der Waals surface area contributed by atoms with Crippen molar-refractivity contribution in [3.63, 3.8) is 0 Å². The summed E-state index contributed by atoms with van der Waals surface area (Å²) in [6.07, 6.45) is 5.44. The number of nitrogens with zero attached hydrogens (tertiary/aromatic N) is 3.